The molecule has 1 rings (SSSR count). The number of methoxy groups -OCH3 is 2. The zero-order chi connectivity index (χ0) is 12.8. The fourth-order valence-electron chi connectivity index (χ4n) is 1.13. The van der Waals surface area contributed by atoms with Crippen LogP contribution in [0.15, 0.2) is 28.7 Å². The van der Waals surface area contributed by atoms with Crippen molar-refractivity contribution < 1.29 is 19.1 Å². The van der Waals surface area contributed by atoms with Crippen molar-refractivity contribution >= 4 is 33.9 Å². The van der Waals surface area contributed by atoms with Crippen molar-refractivity contribution in [3.05, 3.63) is 39.9 Å². The Morgan fingerprint density at radius 2 is 1.94 bits per heavy atom. The highest BCUT2D eigenvalue weighted by Crippen LogP contribution is 2.20. The summed E-state index contributed by atoms with van der Waals surface area (Å²) in [6.07, 6.45) is 2.90. The van der Waals surface area contributed by atoms with E-state index in [1.165, 1.54) is 20.3 Å². The zero-order valence-corrected chi connectivity index (χ0v) is 11.0. The molecule has 0 aliphatic heterocycles. The first-order valence-corrected chi connectivity index (χ1v) is 5.51. The van der Waals surface area contributed by atoms with E-state index in [2.05, 4.69) is 25.4 Å². The Balaban J connectivity index is 2.94. The summed E-state index contributed by atoms with van der Waals surface area (Å²) in [4.78, 5) is 22.2. The topological polar surface area (TPSA) is 52.6 Å². The first-order valence-electron chi connectivity index (χ1n) is 4.72. The molecule has 90 valence electrons. The molecule has 0 aromatic heterocycles. The smallest absolute Gasteiger partial charge is 0.337 e. The molecule has 0 aliphatic rings. The minimum Gasteiger partial charge on any atom is -0.466 e. The number of rotatable bonds is 3. The van der Waals surface area contributed by atoms with Crippen LogP contribution < -0.4 is 0 Å². The third-order valence-electron chi connectivity index (χ3n) is 2.02. The monoisotopic (exact) mass is 298 g/mol. The SMILES string of the molecule is COC(=O)C=Cc1ccc(C(=O)OC)cc1Br. The van der Waals surface area contributed by atoms with Crippen LogP contribution in [0.25, 0.3) is 6.08 Å². The highest BCUT2D eigenvalue weighted by molar-refractivity contribution is 9.10. The largest absolute Gasteiger partial charge is 0.466 e. The second kappa shape index (κ2) is 6.20. The average Bonchev–Trinajstić information content (AvgIpc) is 2.35. The molecule has 5 heteroatoms. The Morgan fingerprint density at radius 1 is 1.24 bits per heavy atom. The molecule has 0 spiro atoms. The molecule has 0 aliphatic carbocycles. The van der Waals surface area contributed by atoms with Gasteiger partial charge in [-0.15, -0.1) is 0 Å². The van der Waals surface area contributed by atoms with Crippen LogP contribution in [0.3, 0.4) is 0 Å². The lowest BCUT2D eigenvalue weighted by molar-refractivity contribution is -0.134. The molecule has 0 N–H and O–H groups in total. The van der Waals surface area contributed by atoms with E-state index in [-0.39, 0.29) is 0 Å². The molecule has 4 nitrogen and oxygen atoms in total. The molecule has 0 saturated heterocycles. The van der Waals surface area contributed by atoms with Crippen LogP contribution >= 0.6 is 15.9 Å². The molecule has 0 atom stereocenters. The van der Waals surface area contributed by atoms with E-state index < -0.39 is 11.9 Å². The number of hydrogen-bond acceptors (Lipinski definition) is 4. The van der Waals surface area contributed by atoms with Gasteiger partial charge in [0.1, 0.15) is 0 Å². The molecular weight excluding hydrogens is 288 g/mol. The average molecular weight is 299 g/mol. The normalized spacial score (nSPS) is 10.3. The van der Waals surface area contributed by atoms with Crippen molar-refractivity contribution in [1.82, 2.24) is 0 Å². The van der Waals surface area contributed by atoms with Crippen molar-refractivity contribution in [3.63, 3.8) is 0 Å². The zero-order valence-electron chi connectivity index (χ0n) is 9.40. The predicted octanol–water partition coefficient (Wildman–Crippen LogP) is 2.42. The molecule has 0 amide bonds. The van der Waals surface area contributed by atoms with Gasteiger partial charge in [-0.2, -0.15) is 0 Å². The first kappa shape index (κ1) is 13.4. The van der Waals surface area contributed by atoms with Crippen molar-refractivity contribution in [2.24, 2.45) is 0 Å². The van der Waals surface area contributed by atoms with E-state index >= 15 is 0 Å². The second-order valence-electron chi connectivity index (χ2n) is 3.08. The molecule has 1 aromatic carbocycles. The highest BCUT2D eigenvalue weighted by Gasteiger charge is 2.07. The van der Waals surface area contributed by atoms with E-state index in [9.17, 15) is 9.59 Å². The van der Waals surface area contributed by atoms with Crippen LogP contribution in [0.5, 0.6) is 0 Å². The lowest BCUT2D eigenvalue weighted by Gasteiger charge is -2.02. The highest BCUT2D eigenvalue weighted by atomic mass is 79.9. The summed E-state index contributed by atoms with van der Waals surface area (Å²) >= 11 is 3.31. The van der Waals surface area contributed by atoms with Crippen LogP contribution in [0, 0.1) is 0 Å². The van der Waals surface area contributed by atoms with Crippen molar-refractivity contribution in [1.29, 1.82) is 0 Å². The van der Waals surface area contributed by atoms with Crippen LogP contribution in [0.2, 0.25) is 0 Å². The van der Waals surface area contributed by atoms with E-state index in [0.29, 0.717) is 10.0 Å². The number of carbonyl (C=O) groups excluding carboxylic acids is 2. The van der Waals surface area contributed by atoms with Gasteiger partial charge in [-0.1, -0.05) is 22.0 Å². The summed E-state index contributed by atoms with van der Waals surface area (Å²) in [5.74, 6) is -0.844. The fraction of sp³-hybridized carbons (Fsp3) is 0.167. The van der Waals surface area contributed by atoms with Gasteiger partial charge >= 0.3 is 11.9 Å². The Hall–Kier alpha value is -1.62. The summed E-state index contributed by atoms with van der Waals surface area (Å²) in [6.45, 7) is 0. The Morgan fingerprint density at radius 3 is 2.47 bits per heavy atom. The van der Waals surface area contributed by atoms with E-state index in [1.807, 2.05) is 0 Å². The van der Waals surface area contributed by atoms with Crippen LogP contribution in [0.1, 0.15) is 15.9 Å². The molecule has 0 radical (unpaired) electrons. The molecule has 17 heavy (non-hydrogen) atoms. The summed E-state index contributed by atoms with van der Waals surface area (Å²) < 4.78 is 9.77. The third-order valence-corrected chi connectivity index (χ3v) is 2.71. The molecular formula is C12H11BrO4. The maximum atomic E-state index is 11.3. The summed E-state index contributed by atoms with van der Waals surface area (Å²) in [5.41, 5.74) is 1.21. The van der Waals surface area contributed by atoms with Crippen LogP contribution in [0.4, 0.5) is 0 Å². The Bertz CT molecular complexity index is 466. The van der Waals surface area contributed by atoms with Gasteiger partial charge in [0.15, 0.2) is 0 Å². The minimum atomic E-state index is -0.436. The molecule has 0 unspecified atom stereocenters. The van der Waals surface area contributed by atoms with Crippen LogP contribution in [-0.2, 0) is 14.3 Å². The van der Waals surface area contributed by atoms with Gasteiger partial charge in [-0.05, 0) is 23.8 Å². The van der Waals surface area contributed by atoms with Gasteiger partial charge in [0, 0.05) is 10.5 Å². The Kier molecular flexibility index (Phi) is 4.90. The van der Waals surface area contributed by atoms with Gasteiger partial charge in [-0.3, -0.25) is 0 Å². The van der Waals surface area contributed by atoms with Gasteiger partial charge in [-0.25, -0.2) is 9.59 Å². The first-order chi connectivity index (χ1) is 8.08. The number of benzene rings is 1. The summed E-state index contributed by atoms with van der Waals surface area (Å²) in [5, 5.41) is 0. The maximum Gasteiger partial charge on any atom is 0.337 e. The summed E-state index contributed by atoms with van der Waals surface area (Å²) in [6, 6.07) is 4.95. The van der Waals surface area contributed by atoms with Crippen molar-refractivity contribution in [2.75, 3.05) is 14.2 Å². The maximum absolute atomic E-state index is 11.3. The number of halogens is 1. The summed E-state index contributed by atoms with van der Waals surface area (Å²) in [7, 11) is 2.63. The van der Waals surface area contributed by atoms with Gasteiger partial charge in [0.25, 0.3) is 0 Å². The lowest BCUT2D eigenvalue weighted by Crippen LogP contribution is -2.01. The van der Waals surface area contributed by atoms with Gasteiger partial charge in [0.2, 0.25) is 0 Å². The number of carbonyl (C=O) groups is 2. The van der Waals surface area contributed by atoms with Gasteiger partial charge in [0.05, 0.1) is 19.8 Å². The second-order valence-corrected chi connectivity index (χ2v) is 3.94. The molecule has 1 aromatic rings. The van der Waals surface area contributed by atoms with Crippen molar-refractivity contribution in [2.45, 2.75) is 0 Å². The molecule has 0 heterocycles. The quantitative estimate of drug-likeness (QED) is 0.635. The number of esters is 2. The third kappa shape index (κ3) is 3.71. The molecule has 0 saturated carbocycles. The molecule has 0 bridgehead atoms. The van der Waals surface area contributed by atoms with E-state index in [0.717, 1.165) is 5.56 Å². The Labute approximate surface area is 107 Å². The lowest BCUT2D eigenvalue weighted by atomic mass is 10.1. The van der Waals surface area contributed by atoms with E-state index in [1.54, 1.807) is 24.3 Å². The standard InChI is InChI=1S/C12H11BrO4/c1-16-11(14)6-5-8-3-4-9(7-10(8)13)12(15)17-2/h3-7H,1-2H3. The molecule has 0 fully saturated rings. The van der Waals surface area contributed by atoms with E-state index in [4.69, 9.17) is 0 Å². The van der Waals surface area contributed by atoms with Crippen LogP contribution in [-0.4, -0.2) is 26.2 Å². The number of ether oxygens (including phenoxy) is 2. The predicted molar refractivity (Wildman–Crippen MR) is 66.5 cm³/mol. The van der Waals surface area contributed by atoms with Crippen molar-refractivity contribution in [3.8, 4) is 0 Å². The minimum absolute atomic E-state index is 0.408. The number of hydrogen-bond donors (Lipinski definition) is 0. The fourth-order valence-corrected chi connectivity index (χ4v) is 1.64. The van der Waals surface area contributed by atoms with Gasteiger partial charge < -0.3 is 9.47 Å².